The zero-order chi connectivity index (χ0) is 27.1. The van der Waals surface area contributed by atoms with E-state index < -0.39 is 0 Å². The zero-order valence-electron chi connectivity index (χ0n) is 22.7. The third-order valence-electron chi connectivity index (χ3n) is 7.18. The molecule has 0 radical (unpaired) electrons. The number of benzene rings is 1. The summed E-state index contributed by atoms with van der Waals surface area (Å²) in [5, 5.41) is 4.14. The molecule has 0 N–H and O–H groups in total. The van der Waals surface area contributed by atoms with Crippen LogP contribution in [0.15, 0.2) is 71.6 Å². The van der Waals surface area contributed by atoms with Gasteiger partial charge in [0.15, 0.2) is 5.65 Å². The minimum atomic E-state index is 0.656. The van der Waals surface area contributed by atoms with Crippen LogP contribution in [0.1, 0.15) is 6.42 Å². The summed E-state index contributed by atoms with van der Waals surface area (Å²) >= 11 is 3.34. The molecule has 1 aliphatic heterocycles. The van der Waals surface area contributed by atoms with Crippen LogP contribution in [0.25, 0.3) is 43.4 Å². The van der Waals surface area contributed by atoms with Crippen LogP contribution in [0, 0.1) is 0 Å². The largest absolute Gasteiger partial charge is 0.494 e. The van der Waals surface area contributed by atoms with Gasteiger partial charge in [0.2, 0.25) is 0 Å². The lowest BCUT2D eigenvalue weighted by molar-refractivity contribution is 0.0942. The number of rotatable bonds is 11. The third kappa shape index (κ3) is 6.40. The van der Waals surface area contributed by atoms with E-state index in [2.05, 4.69) is 55.9 Å². The van der Waals surface area contributed by atoms with Gasteiger partial charge in [-0.25, -0.2) is 15.0 Å². The monoisotopic (exact) mass is 571 g/mol. The highest BCUT2D eigenvalue weighted by atomic mass is 32.1. The van der Waals surface area contributed by atoms with Crippen LogP contribution in [-0.2, 0) is 4.74 Å². The third-order valence-corrected chi connectivity index (χ3v) is 8.94. The van der Waals surface area contributed by atoms with Gasteiger partial charge in [0, 0.05) is 58.1 Å². The highest BCUT2D eigenvalue weighted by Crippen LogP contribution is 2.35. The first kappa shape index (κ1) is 27.0. The second kappa shape index (κ2) is 13.0. The van der Waals surface area contributed by atoms with E-state index in [0.717, 1.165) is 95.8 Å². The quantitative estimate of drug-likeness (QED) is 0.175. The van der Waals surface area contributed by atoms with Crippen molar-refractivity contribution >= 4 is 33.8 Å². The van der Waals surface area contributed by atoms with Crippen molar-refractivity contribution in [3.05, 3.63) is 71.6 Å². The number of nitrogens with zero attached hydrogens (tertiary/aromatic N) is 5. The molecule has 206 valence electrons. The van der Waals surface area contributed by atoms with E-state index in [1.54, 1.807) is 29.8 Å². The maximum atomic E-state index is 6.05. The number of fused-ring (bicyclic) bond motifs is 1. The normalized spacial score (nSPS) is 14.6. The lowest BCUT2D eigenvalue weighted by atomic mass is 10.1. The SMILES string of the molecule is COCCN1CCN(CCCOc2ccc(-c3cnc4nc(-c5cccs5)c(-c5cccs5)nc4c3)cc2)CC1. The number of piperazine rings is 1. The van der Waals surface area contributed by atoms with Crippen LogP contribution in [0.5, 0.6) is 5.75 Å². The molecule has 0 unspecified atom stereocenters. The maximum Gasteiger partial charge on any atom is 0.178 e. The van der Waals surface area contributed by atoms with E-state index in [9.17, 15) is 0 Å². The Balaban J connectivity index is 1.08. The molecule has 0 spiro atoms. The minimum absolute atomic E-state index is 0.656. The smallest absolute Gasteiger partial charge is 0.178 e. The summed E-state index contributed by atoms with van der Waals surface area (Å²) in [6.45, 7) is 8.10. The molecule has 1 fully saturated rings. The molecule has 0 amide bonds. The fourth-order valence-corrected chi connectivity index (χ4v) is 6.38. The van der Waals surface area contributed by atoms with E-state index >= 15 is 0 Å². The van der Waals surface area contributed by atoms with E-state index in [1.807, 2.05) is 30.5 Å². The van der Waals surface area contributed by atoms with Crippen molar-refractivity contribution in [1.29, 1.82) is 0 Å². The van der Waals surface area contributed by atoms with Gasteiger partial charge in [-0.1, -0.05) is 24.3 Å². The molecule has 5 aromatic rings. The lowest BCUT2D eigenvalue weighted by Gasteiger charge is -2.34. The molecular weight excluding hydrogens is 539 g/mol. The van der Waals surface area contributed by atoms with Gasteiger partial charge in [-0.2, -0.15) is 0 Å². The van der Waals surface area contributed by atoms with E-state index in [0.29, 0.717) is 12.3 Å². The Kier molecular flexibility index (Phi) is 8.75. The van der Waals surface area contributed by atoms with Crippen LogP contribution in [-0.4, -0.2) is 84.3 Å². The number of thiophene rings is 2. The first-order valence-electron chi connectivity index (χ1n) is 13.7. The van der Waals surface area contributed by atoms with Crippen molar-refractivity contribution < 1.29 is 9.47 Å². The number of pyridine rings is 1. The Morgan fingerprint density at radius 1 is 0.775 bits per heavy atom. The van der Waals surface area contributed by atoms with Crippen molar-refractivity contribution in [1.82, 2.24) is 24.8 Å². The van der Waals surface area contributed by atoms with Crippen molar-refractivity contribution in [3.8, 4) is 38.0 Å². The van der Waals surface area contributed by atoms with Crippen LogP contribution < -0.4 is 4.74 Å². The van der Waals surface area contributed by atoms with Gasteiger partial charge in [0.25, 0.3) is 0 Å². The Morgan fingerprint density at radius 3 is 2.10 bits per heavy atom. The zero-order valence-corrected chi connectivity index (χ0v) is 24.3. The van der Waals surface area contributed by atoms with Gasteiger partial charge in [-0.3, -0.25) is 4.90 Å². The summed E-state index contributed by atoms with van der Waals surface area (Å²) in [5.74, 6) is 0.891. The van der Waals surface area contributed by atoms with Crippen LogP contribution in [0.3, 0.4) is 0 Å². The van der Waals surface area contributed by atoms with Crippen molar-refractivity contribution in [2.24, 2.45) is 0 Å². The number of ether oxygens (including phenoxy) is 2. The highest BCUT2D eigenvalue weighted by Gasteiger charge is 2.17. The molecule has 1 aliphatic rings. The van der Waals surface area contributed by atoms with Gasteiger partial charge in [0.05, 0.1) is 23.0 Å². The molecule has 7 nitrogen and oxygen atoms in total. The molecule has 1 aromatic carbocycles. The molecule has 0 aliphatic carbocycles. The molecule has 40 heavy (non-hydrogen) atoms. The predicted octanol–water partition coefficient (Wildman–Crippen LogP) is 6.18. The molecule has 6 rings (SSSR count). The Morgan fingerprint density at radius 2 is 1.45 bits per heavy atom. The molecule has 0 atom stereocenters. The summed E-state index contributed by atoms with van der Waals surface area (Å²) in [5.41, 5.74) is 5.33. The van der Waals surface area contributed by atoms with Crippen LogP contribution in [0.4, 0.5) is 0 Å². The van der Waals surface area contributed by atoms with E-state index in [1.165, 1.54) is 0 Å². The molecule has 5 heterocycles. The van der Waals surface area contributed by atoms with Crippen molar-refractivity contribution in [2.75, 3.05) is 59.6 Å². The van der Waals surface area contributed by atoms with Crippen LogP contribution >= 0.6 is 22.7 Å². The van der Waals surface area contributed by atoms with Crippen LogP contribution in [0.2, 0.25) is 0 Å². The summed E-state index contributed by atoms with van der Waals surface area (Å²) < 4.78 is 11.2. The number of aromatic nitrogens is 3. The standard InChI is InChI=1S/C31H33N5O2S2/c1-37-18-16-36-14-12-35(13-15-36)11-4-17-38-25-9-7-23(8-10-25)24-21-26-31(32-22-24)34-30(28-6-3-20-40-28)29(33-26)27-5-2-19-39-27/h2-3,5-10,19-22H,4,11-18H2,1H3. The molecular formula is C31H33N5O2S2. The predicted molar refractivity (Wildman–Crippen MR) is 164 cm³/mol. The fraction of sp³-hybridized carbons (Fsp3) is 0.323. The van der Waals surface area contributed by atoms with Gasteiger partial charge in [-0.15, -0.1) is 22.7 Å². The topological polar surface area (TPSA) is 63.6 Å². The van der Waals surface area contributed by atoms with Gasteiger partial charge >= 0.3 is 0 Å². The van der Waals surface area contributed by atoms with Crippen molar-refractivity contribution in [3.63, 3.8) is 0 Å². The molecule has 0 saturated carbocycles. The average molecular weight is 572 g/mol. The summed E-state index contributed by atoms with van der Waals surface area (Å²) in [6.07, 6.45) is 2.90. The fourth-order valence-electron chi connectivity index (χ4n) is 4.95. The Labute approximate surface area is 243 Å². The average Bonchev–Trinajstić information content (AvgIpc) is 3.74. The minimum Gasteiger partial charge on any atom is -0.494 e. The molecule has 0 bridgehead atoms. The molecule has 4 aromatic heterocycles. The number of hydrogen-bond donors (Lipinski definition) is 0. The van der Waals surface area contributed by atoms with Crippen molar-refractivity contribution in [2.45, 2.75) is 6.42 Å². The molecule has 1 saturated heterocycles. The van der Waals surface area contributed by atoms with Gasteiger partial charge in [0.1, 0.15) is 22.7 Å². The first-order chi connectivity index (χ1) is 19.8. The highest BCUT2D eigenvalue weighted by molar-refractivity contribution is 7.14. The van der Waals surface area contributed by atoms with Gasteiger partial charge < -0.3 is 14.4 Å². The van der Waals surface area contributed by atoms with Gasteiger partial charge in [-0.05, 0) is 53.1 Å². The van der Waals surface area contributed by atoms with E-state index in [-0.39, 0.29) is 0 Å². The first-order valence-corrected chi connectivity index (χ1v) is 15.5. The number of methoxy groups -OCH3 is 1. The summed E-state index contributed by atoms with van der Waals surface area (Å²) in [7, 11) is 1.77. The summed E-state index contributed by atoms with van der Waals surface area (Å²) in [6, 6.07) is 18.6. The Bertz CT molecular complexity index is 1500. The summed E-state index contributed by atoms with van der Waals surface area (Å²) in [4.78, 5) is 21.9. The Hall–Kier alpha value is -3.21. The number of hydrogen-bond acceptors (Lipinski definition) is 9. The second-order valence-electron chi connectivity index (χ2n) is 9.84. The lowest BCUT2D eigenvalue weighted by Crippen LogP contribution is -2.47. The molecule has 9 heteroatoms. The van der Waals surface area contributed by atoms with E-state index in [4.69, 9.17) is 19.4 Å². The maximum absolute atomic E-state index is 6.05. The second-order valence-corrected chi connectivity index (χ2v) is 11.7.